The molecule has 8 nitrogen and oxygen atoms in total. The molecule has 8 heteroatoms. The number of piperazine rings is 1. The number of carbonyl (C=O) groups is 1. The third-order valence-corrected chi connectivity index (χ3v) is 7.89. The Balaban J connectivity index is 1.16. The van der Waals surface area contributed by atoms with Crippen LogP contribution in [-0.2, 0) is 11.8 Å². The Morgan fingerprint density at radius 3 is 2.75 bits per heavy atom. The van der Waals surface area contributed by atoms with Gasteiger partial charge in [-0.3, -0.25) is 14.5 Å². The van der Waals surface area contributed by atoms with E-state index in [0.29, 0.717) is 12.1 Å². The van der Waals surface area contributed by atoms with Gasteiger partial charge in [-0.15, -0.1) is 0 Å². The Bertz CT molecular complexity index is 1770. The van der Waals surface area contributed by atoms with Crippen LogP contribution in [0, 0.1) is 0 Å². The van der Waals surface area contributed by atoms with Gasteiger partial charge in [0.15, 0.2) is 0 Å². The van der Waals surface area contributed by atoms with Crippen molar-refractivity contribution in [3.05, 3.63) is 83.4 Å². The molecular weight excluding hydrogens is 502 g/mol. The summed E-state index contributed by atoms with van der Waals surface area (Å²) >= 11 is 0. The predicted molar refractivity (Wildman–Crippen MR) is 158 cm³/mol. The zero-order valence-electron chi connectivity index (χ0n) is 23.1. The van der Waals surface area contributed by atoms with Crippen LogP contribution in [0.3, 0.4) is 0 Å². The van der Waals surface area contributed by atoms with E-state index in [1.807, 2.05) is 62.6 Å². The maximum absolute atomic E-state index is 12.5. The van der Waals surface area contributed by atoms with E-state index in [1.54, 1.807) is 22.7 Å². The molecule has 0 aliphatic carbocycles. The van der Waals surface area contributed by atoms with Crippen LogP contribution in [0.25, 0.3) is 44.2 Å². The number of nitrogens with one attached hydrogen (secondary N) is 1. The number of aryl methyl sites for hydroxylation is 1. The number of rotatable bonds is 7. The first kappa shape index (κ1) is 25.8. The van der Waals surface area contributed by atoms with Crippen molar-refractivity contribution in [1.29, 1.82) is 0 Å². The summed E-state index contributed by atoms with van der Waals surface area (Å²) in [5, 5.41) is 1.94. The molecule has 5 aromatic rings. The number of ether oxygens (including phenoxy) is 1. The van der Waals surface area contributed by atoms with Gasteiger partial charge in [-0.2, -0.15) is 0 Å². The minimum absolute atomic E-state index is 0.0387. The number of nitrogens with zero attached hydrogens (tertiary/aromatic N) is 4. The molecule has 1 saturated heterocycles. The number of aromatic amines is 1. The zero-order valence-corrected chi connectivity index (χ0v) is 23.1. The Hall–Kier alpha value is -4.43. The van der Waals surface area contributed by atoms with Crippen LogP contribution in [0.5, 0.6) is 5.75 Å². The maximum atomic E-state index is 12.5. The molecule has 0 saturated carbocycles. The summed E-state index contributed by atoms with van der Waals surface area (Å²) in [6, 6.07) is 20.2. The number of likely N-dealkylation sites (N-methyl/N-ethyl adjacent to an activating group) is 1. The fourth-order valence-corrected chi connectivity index (χ4v) is 5.52. The molecule has 4 heterocycles. The summed E-state index contributed by atoms with van der Waals surface area (Å²) in [7, 11) is 3.64. The lowest BCUT2D eigenvalue weighted by molar-refractivity contribution is -0.139. The van der Waals surface area contributed by atoms with Crippen LogP contribution < -0.4 is 10.3 Å². The van der Waals surface area contributed by atoms with Gasteiger partial charge < -0.3 is 19.2 Å². The summed E-state index contributed by atoms with van der Waals surface area (Å²) in [4.78, 5) is 36.7. The minimum Gasteiger partial charge on any atom is -0.494 e. The molecule has 1 fully saturated rings. The van der Waals surface area contributed by atoms with Crippen molar-refractivity contribution >= 4 is 27.7 Å². The quantitative estimate of drug-likeness (QED) is 0.306. The molecule has 1 N–H and O–H groups in total. The molecule has 1 atom stereocenters. The second-order valence-electron chi connectivity index (χ2n) is 10.5. The molecule has 0 bridgehead atoms. The number of hydrogen-bond donors (Lipinski definition) is 1. The van der Waals surface area contributed by atoms with Crippen molar-refractivity contribution in [3.8, 4) is 28.1 Å². The molecular formula is C32H33N5O3. The monoisotopic (exact) mass is 535 g/mol. The third-order valence-electron chi connectivity index (χ3n) is 7.89. The Morgan fingerprint density at radius 2 is 1.88 bits per heavy atom. The van der Waals surface area contributed by atoms with Crippen LogP contribution in [0.1, 0.15) is 13.3 Å². The van der Waals surface area contributed by atoms with Gasteiger partial charge in [0, 0.05) is 68.0 Å². The van der Waals surface area contributed by atoms with Gasteiger partial charge in [0.25, 0.3) is 5.56 Å². The van der Waals surface area contributed by atoms with E-state index in [9.17, 15) is 9.59 Å². The molecule has 1 aliphatic rings. The molecule has 6 rings (SSSR count). The van der Waals surface area contributed by atoms with Gasteiger partial charge in [0.05, 0.1) is 23.9 Å². The van der Waals surface area contributed by atoms with E-state index in [4.69, 9.17) is 9.72 Å². The molecule has 0 unspecified atom stereocenters. The first-order valence-corrected chi connectivity index (χ1v) is 13.7. The van der Waals surface area contributed by atoms with E-state index in [-0.39, 0.29) is 17.5 Å². The summed E-state index contributed by atoms with van der Waals surface area (Å²) in [5.74, 6) is 0.992. The van der Waals surface area contributed by atoms with E-state index in [2.05, 4.69) is 28.1 Å². The van der Waals surface area contributed by atoms with Gasteiger partial charge in [-0.05, 0) is 55.3 Å². The summed E-state index contributed by atoms with van der Waals surface area (Å²) in [6.07, 6.45) is 4.55. The normalized spacial score (nSPS) is 16.2. The van der Waals surface area contributed by atoms with Gasteiger partial charge >= 0.3 is 0 Å². The molecule has 204 valence electrons. The Kier molecular flexibility index (Phi) is 6.86. The fraction of sp³-hybridized carbons (Fsp3) is 0.281. The number of hydrogen-bond acceptors (Lipinski definition) is 5. The first-order valence-electron chi connectivity index (χ1n) is 13.7. The average Bonchev–Trinajstić information content (AvgIpc) is 3.47. The number of fused-ring (bicyclic) bond motifs is 2. The minimum atomic E-state index is -0.0758. The van der Waals surface area contributed by atoms with Crippen molar-refractivity contribution in [2.75, 3.05) is 33.3 Å². The maximum Gasteiger partial charge on any atom is 0.274 e. The lowest BCUT2D eigenvalue weighted by atomic mass is 10.0. The molecule has 1 aliphatic heterocycles. The predicted octanol–water partition coefficient (Wildman–Crippen LogP) is 4.68. The van der Waals surface area contributed by atoms with E-state index in [1.165, 1.54) is 0 Å². The molecule has 1 amide bonds. The van der Waals surface area contributed by atoms with Gasteiger partial charge in [0.2, 0.25) is 5.91 Å². The topological polar surface area (TPSA) is 83.5 Å². The molecule has 2 aromatic carbocycles. The largest absolute Gasteiger partial charge is 0.494 e. The van der Waals surface area contributed by atoms with Crippen molar-refractivity contribution in [2.45, 2.75) is 19.4 Å². The Labute approximate surface area is 232 Å². The van der Waals surface area contributed by atoms with Crippen LogP contribution >= 0.6 is 0 Å². The van der Waals surface area contributed by atoms with Gasteiger partial charge in [0.1, 0.15) is 11.3 Å². The second-order valence-corrected chi connectivity index (χ2v) is 10.5. The third kappa shape index (κ3) is 4.86. The molecule has 0 spiro atoms. The lowest BCUT2D eigenvalue weighted by Crippen LogP contribution is -2.54. The number of benzene rings is 2. The van der Waals surface area contributed by atoms with E-state index < -0.39 is 0 Å². The van der Waals surface area contributed by atoms with Crippen molar-refractivity contribution < 1.29 is 9.53 Å². The second kappa shape index (κ2) is 10.6. The smallest absolute Gasteiger partial charge is 0.274 e. The summed E-state index contributed by atoms with van der Waals surface area (Å²) in [5.41, 5.74) is 5.39. The van der Waals surface area contributed by atoms with Crippen LogP contribution in [0.2, 0.25) is 0 Å². The molecule has 40 heavy (non-hydrogen) atoms. The molecule has 0 radical (unpaired) electrons. The SMILES string of the molecule is C[C@@H]1C(=O)N(C)CCN1CCCOc1cccc(-c2ccc3cc(-c4cn(C)c(=O)c5[nH]ccc45)ccc3n2)c1. The first-order chi connectivity index (χ1) is 19.4. The lowest BCUT2D eigenvalue weighted by Gasteiger charge is -2.37. The highest BCUT2D eigenvalue weighted by Gasteiger charge is 2.28. The van der Waals surface area contributed by atoms with E-state index >= 15 is 0 Å². The molecule has 3 aromatic heterocycles. The van der Waals surface area contributed by atoms with Gasteiger partial charge in [-0.25, -0.2) is 4.98 Å². The zero-order chi connectivity index (χ0) is 27.8. The highest BCUT2D eigenvalue weighted by molar-refractivity contribution is 5.97. The highest BCUT2D eigenvalue weighted by Crippen LogP contribution is 2.30. The number of carbonyl (C=O) groups excluding carboxylic acids is 1. The summed E-state index contributed by atoms with van der Waals surface area (Å²) < 4.78 is 7.68. The van der Waals surface area contributed by atoms with Crippen molar-refractivity contribution in [1.82, 2.24) is 24.3 Å². The van der Waals surface area contributed by atoms with Crippen LogP contribution in [-0.4, -0.2) is 69.6 Å². The van der Waals surface area contributed by atoms with Crippen molar-refractivity contribution in [2.24, 2.45) is 7.05 Å². The highest BCUT2D eigenvalue weighted by atomic mass is 16.5. The van der Waals surface area contributed by atoms with Crippen LogP contribution in [0.4, 0.5) is 0 Å². The number of pyridine rings is 2. The number of aromatic nitrogens is 3. The van der Waals surface area contributed by atoms with Crippen molar-refractivity contribution in [3.63, 3.8) is 0 Å². The standard InChI is InChI=1S/C32H33N5O3/c1-21-31(38)35(2)15-16-37(21)14-5-17-40-25-7-4-6-23(19-25)28-11-9-24-18-22(8-10-29(24)34-28)27-20-36(3)32(39)30-26(27)12-13-33-30/h4,6-13,18-21,33H,5,14-17H2,1-3H3/t21-/m1/s1. The number of amides is 1. The van der Waals surface area contributed by atoms with E-state index in [0.717, 1.165) is 70.5 Å². The fourth-order valence-electron chi connectivity index (χ4n) is 5.52. The summed E-state index contributed by atoms with van der Waals surface area (Å²) in [6.45, 7) is 5.07. The van der Waals surface area contributed by atoms with Crippen LogP contribution in [0.15, 0.2) is 77.9 Å². The number of H-pyrrole nitrogens is 1. The average molecular weight is 536 g/mol. The van der Waals surface area contributed by atoms with Gasteiger partial charge in [-0.1, -0.05) is 24.3 Å². The Morgan fingerprint density at radius 1 is 1.00 bits per heavy atom.